The van der Waals surface area contributed by atoms with Crippen molar-refractivity contribution in [3.8, 4) is 0 Å². The maximum atomic E-state index is 15.1. The Hall–Kier alpha value is -2.14. The van der Waals surface area contributed by atoms with E-state index in [1.165, 1.54) is 24.4 Å². The van der Waals surface area contributed by atoms with Crippen molar-refractivity contribution in [3.05, 3.63) is 51.6 Å². The van der Waals surface area contributed by atoms with Gasteiger partial charge in [-0.05, 0) is 61.9 Å². The summed E-state index contributed by atoms with van der Waals surface area (Å²) in [5.41, 5.74) is 4.90. The van der Waals surface area contributed by atoms with E-state index in [0.717, 1.165) is 6.42 Å². The van der Waals surface area contributed by atoms with Gasteiger partial charge in [-0.1, -0.05) is 23.2 Å². The molecule has 2 aromatic rings. The molecule has 1 fully saturated rings. The molecule has 0 bridgehead atoms. The largest absolute Gasteiger partial charge is 0.386 e. The number of nitrogens with one attached hydrogen (secondary N) is 2. The maximum Gasteiger partial charge on any atom is 0.276 e. The van der Waals surface area contributed by atoms with Gasteiger partial charge in [0, 0.05) is 12.7 Å². The third-order valence-electron chi connectivity index (χ3n) is 6.49. The molecule has 2 aromatic heterocycles. The smallest absolute Gasteiger partial charge is 0.276 e. The molecule has 2 aliphatic rings. The lowest BCUT2D eigenvalue weighted by Gasteiger charge is -2.55. The first-order chi connectivity index (χ1) is 15.4. The lowest BCUT2D eigenvalue weighted by molar-refractivity contribution is 0.102. The summed E-state index contributed by atoms with van der Waals surface area (Å²) in [5, 5.41) is 2.42. The Labute approximate surface area is 202 Å². The summed E-state index contributed by atoms with van der Waals surface area (Å²) in [6.45, 7) is 5.86. The summed E-state index contributed by atoms with van der Waals surface area (Å²) in [5.74, 6) is -1.02. The highest BCUT2D eigenvalue weighted by Crippen LogP contribution is 2.48. The monoisotopic (exact) mass is 514 g/mol. The first kappa shape index (κ1) is 24.0. The number of rotatable bonds is 3. The lowest BCUT2D eigenvalue weighted by Crippen LogP contribution is -2.69. The van der Waals surface area contributed by atoms with E-state index < -0.39 is 37.4 Å². The van der Waals surface area contributed by atoms with Crippen molar-refractivity contribution in [2.24, 2.45) is 10.7 Å². The number of halogens is 3. The fraction of sp³-hybridized carbons (Fsp3) is 0.429. The zero-order chi connectivity index (χ0) is 24.2. The van der Waals surface area contributed by atoms with Crippen molar-refractivity contribution >= 4 is 50.9 Å². The molecule has 1 saturated heterocycles. The molecule has 0 aromatic carbocycles. The van der Waals surface area contributed by atoms with Crippen molar-refractivity contribution in [3.63, 3.8) is 0 Å². The Kier molecular flexibility index (Phi) is 6.01. The number of nitrogens with two attached hydrogens (primary N) is 1. The standard InChI is InChI=1S/C21H25Cl2FN6O2S/c1-20(2)19(25)30-21(3,14-5-4-8-27-33(14,20)32)17-13(24)6-7-15(28-17)29-18(31)16-12(23)9-11(22)10-26-16/h6-7,9-10,14,33H,4-5,8H2,1-3H3,(H2,25,30)(H,27,32)(H,28,29,31)/t14-,21-/m0/s1. The van der Waals surface area contributed by atoms with Gasteiger partial charge in [0.2, 0.25) is 0 Å². The van der Waals surface area contributed by atoms with Crippen LogP contribution in [0.2, 0.25) is 10.0 Å². The molecule has 0 unspecified atom stereocenters. The molecule has 0 spiro atoms. The summed E-state index contributed by atoms with van der Waals surface area (Å²) in [4.78, 5) is 25.6. The molecule has 4 N–H and O–H groups in total. The van der Waals surface area contributed by atoms with Crippen molar-refractivity contribution in [1.29, 1.82) is 0 Å². The number of hydrogen-bond donors (Lipinski definition) is 4. The number of carbonyl (C=O) groups is 1. The van der Waals surface area contributed by atoms with Gasteiger partial charge >= 0.3 is 0 Å². The van der Waals surface area contributed by atoms with Gasteiger partial charge in [0.25, 0.3) is 5.91 Å². The fourth-order valence-electron chi connectivity index (χ4n) is 4.52. The number of aliphatic imine (C=N–C) groups is 1. The van der Waals surface area contributed by atoms with E-state index in [1.54, 1.807) is 20.8 Å². The summed E-state index contributed by atoms with van der Waals surface area (Å²) >= 11 is 11.9. The van der Waals surface area contributed by atoms with E-state index in [1.807, 2.05) is 0 Å². The molecule has 8 nitrogen and oxygen atoms in total. The molecule has 2 atom stereocenters. The van der Waals surface area contributed by atoms with Crippen molar-refractivity contribution < 1.29 is 13.4 Å². The Balaban J connectivity index is 1.76. The van der Waals surface area contributed by atoms with Crippen LogP contribution in [0.15, 0.2) is 29.4 Å². The van der Waals surface area contributed by atoms with E-state index in [9.17, 15) is 9.00 Å². The minimum atomic E-state index is -3.13. The Morgan fingerprint density at radius 3 is 2.76 bits per heavy atom. The molecule has 4 heterocycles. The molecule has 33 heavy (non-hydrogen) atoms. The van der Waals surface area contributed by atoms with Gasteiger partial charge in [0.1, 0.15) is 34.4 Å². The van der Waals surface area contributed by atoms with E-state index >= 15 is 4.39 Å². The first-order valence-corrected chi connectivity index (χ1v) is 12.9. The highest BCUT2D eigenvalue weighted by Gasteiger charge is 2.57. The molecule has 0 aliphatic carbocycles. The number of hydrogen-bond acceptors (Lipinski definition) is 6. The number of pyridine rings is 2. The van der Waals surface area contributed by atoms with Gasteiger partial charge in [0.15, 0.2) is 0 Å². The number of anilines is 1. The summed E-state index contributed by atoms with van der Waals surface area (Å²) in [6.07, 6.45) is 2.62. The number of carbonyl (C=O) groups excluding carboxylic acids is 1. The van der Waals surface area contributed by atoms with Crippen LogP contribution in [0, 0.1) is 5.82 Å². The molecule has 4 rings (SSSR count). The van der Waals surface area contributed by atoms with Crippen LogP contribution in [-0.2, 0) is 15.7 Å². The number of nitrogens with zero attached hydrogens (tertiary/aromatic N) is 3. The van der Waals surface area contributed by atoms with Crippen molar-refractivity contribution in [2.45, 2.75) is 49.1 Å². The Morgan fingerprint density at radius 2 is 2.06 bits per heavy atom. The van der Waals surface area contributed by atoms with Gasteiger partial charge in [-0.15, -0.1) is 0 Å². The third kappa shape index (κ3) is 3.82. The van der Waals surface area contributed by atoms with Gasteiger partial charge in [-0.3, -0.25) is 18.7 Å². The van der Waals surface area contributed by atoms with Crippen LogP contribution in [0.25, 0.3) is 0 Å². The van der Waals surface area contributed by atoms with Gasteiger partial charge < -0.3 is 11.1 Å². The third-order valence-corrected chi connectivity index (χ3v) is 11.2. The number of amides is 1. The molecular weight excluding hydrogens is 490 g/mol. The second-order valence-electron chi connectivity index (χ2n) is 8.89. The number of aromatic nitrogens is 2. The van der Waals surface area contributed by atoms with Crippen molar-refractivity contribution in [2.75, 3.05) is 11.9 Å². The minimum Gasteiger partial charge on any atom is -0.386 e. The van der Waals surface area contributed by atoms with E-state index in [-0.39, 0.29) is 33.1 Å². The van der Waals surface area contributed by atoms with Crippen LogP contribution < -0.4 is 15.8 Å². The lowest BCUT2D eigenvalue weighted by atomic mass is 9.89. The van der Waals surface area contributed by atoms with Gasteiger partial charge in [-0.25, -0.2) is 14.4 Å². The van der Waals surface area contributed by atoms with Crippen LogP contribution in [-0.4, -0.2) is 42.5 Å². The predicted molar refractivity (Wildman–Crippen MR) is 130 cm³/mol. The normalized spacial score (nSPS) is 26.6. The van der Waals surface area contributed by atoms with E-state index in [4.69, 9.17) is 28.9 Å². The van der Waals surface area contributed by atoms with Crippen LogP contribution in [0.3, 0.4) is 0 Å². The van der Waals surface area contributed by atoms with Crippen LogP contribution in [0.1, 0.15) is 49.8 Å². The summed E-state index contributed by atoms with van der Waals surface area (Å²) in [7, 11) is -3.13. The Bertz CT molecular complexity index is 1220. The highest BCUT2D eigenvalue weighted by molar-refractivity contribution is 8.04. The van der Waals surface area contributed by atoms with Crippen molar-refractivity contribution in [1.82, 2.24) is 14.7 Å². The maximum absolute atomic E-state index is 15.1. The topological polar surface area (TPSA) is 122 Å². The molecule has 12 heteroatoms. The van der Waals surface area contributed by atoms with Crippen LogP contribution >= 0.6 is 23.2 Å². The zero-order valence-corrected chi connectivity index (χ0v) is 20.7. The molecule has 2 aliphatic heterocycles. The van der Waals surface area contributed by atoms with Gasteiger partial charge in [0.05, 0.1) is 20.0 Å². The van der Waals surface area contributed by atoms with Crippen LogP contribution in [0.5, 0.6) is 0 Å². The second-order valence-corrected chi connectivity index (χ2v) is 13.1. The average Bonchev–Trinajstić information content (AvgIpc) is 2.74. The van der Waals surface area contributed by atoms with Gasteiger partial charge in [-0.2, -0.15) is 0 Å². The highest BCUT2D eigenvalue weighted by atomic mass is 35.5. The molecule has 0 radical (unpaired) electrons. The minimum absolute atomic E-state index is 0.0390. The van der Waals surface area contributed by atoms with Crippen LogP contribution in [0.4, 0.5) is 10.2 Å². The quantitative estimate of drug-likeness (QED) is 0.468. The summed E-state index contributed by atoms with van der Waals surface area (Å²) < 4.78 is 31.6. The number of thiol groups is 1. The molecule has 0 saturated carbocycles. The van der Waals surface area contributed by atoms with E-state index in [2.05, 4.69) is 25.0 Å². The van der Waals surface area contributed by atoms with E-state index in [0.29, 0.717) is 13.0 Å². The molecule has 178 valence electrons. The first-order valence-electron chi connectivity index (χ1n) is 10.4. The molecule has 1 amide bonds. The zero-order valence-electron chi connectivity index (χ0n) is 18.3. The summed E-state index contributed by atoms with van der Waals surface area (Å²) in [6, 6.07) is 3.90. The molecular formula is C21H25Cl2FN6O2S. The fourth-order valence-corrected chi connectivity index (χ4v) is 8.70. The number of amidine groups is 1. The second kappa shape index (κ2) is 8.26. The average molecular weight is 515 g/mol. The SMILES string of the molecule is CC1(C)C(N)=N[C@](C)(c2nc(NC(=O)c3ncc(Cl)cc3Cl)ccc2F)[C@@H]2CCCN[SH]21=O. The Morgan fingerprint density at radius 1 is 1.33 bits per heavy atom. The number of fused-ring (bicyclic) bond motifs is 1. The predicted octanol–water partition coefficient (Wildman–Crippen LogP) is 3.22.